The molecule has 26 heavy (non-hydrogen) atoms. The third-order valence-corrected chi connectivity index (χ3v) is 6.10. The van der Waals surface area contributed by atoms with Gasteiger partial charge in [0.25, 0.3) is 0 Å². The van der Waals surface area contributed by atoms with Gasteiger partial charge < -0.3 is 19.5 Å². The molecule has 0 aliphatic carbocycles. The predicted octanol–water partition coefficient (Wildman–Crippen LogP) is 3.03. The van der Waals surface area contributed by atoms with E-state index in [1.807, 2.05) is 35.0 Å². The molecule has 1 amide bonds. The summed E-state index contributed by atoms with van der Waals surface area (Å²) in [6.07, 6.45) is 8.44. The van der Waals surface area contributed by atoms with Crippen LogP contribution in [0.1, 0.15) is 32.1 Å². The van der Waals surface area contributed by atoms with Crippen molar-refractivity contribution in [3.05, 3.63) is 30.5 Å². The Balaban J connectivity index is 1.37. The largest absolute Gasteiger partial charge is 0.496 e. The minimum absolute atomic E-state index is 0.0956. The summed E-state index contributed by atoms with van der Waals surface area (Å²) >= 11 is 0. The second-order valence-corrected chi connectivity index (χ2v) is 7.64. The first-order valence-corrected chi connectivity index (χ1v) is 9.89. The van der Waals surface area contributed by atoms with Crippen LogP contribution in [0, 0.1) is 5.92 Å². The van der Waals surface area contributed by atoms with Crippen molar-refractivity contribution < 1.29 is 9.53 Å². The molecule has 2 saturated heterocycles. The number of benzene rings is 1. The Morgan fingerprint density at radius 3 is 2.96 bits per heavy atom. The van der Waals surface area contributed by atoms with Gasteiger partial charge in [0.15, 0.2) is 0 Å². The van der Waals surface area contributed by atoms with Crippen LogP contribution in [0.3, 0.4) is 0 Å². The van der Waals surface area contributed by atoms with Crippen LogP contribution < -0.4 is 10.1 Å². The van der Waals surface area contributed by atoms with Gasteiger partial charge in [-0.1, -0.05) is 12.5 Å². The SMILES string of the molecule is COc1cccc2c1ccn2CC(=O)NCC1CCCN2CCCCC12. The first kappa shape index (κ1) is 17.4. The zero-order valence-corrected chi connectivity index (χ0v) is 15.6. The van der Waals surface area contributed by atoms with Gasteiger partial charge in [-0.3, -0.25) is 4.79 Å². The Morgan fingerprint density at radius 2 is 2.08 bits per heavy atom. The zero-order chi connectivity index (χ0) is 17.9. The molecule has 3 heterocycles. The molecule has 4 rings (SSSR count). The van der Waals surface area contributed by atoms with E-state index in [0.29, 0.717) is 18.5 Å². The molecule has 5 heteroatoms. The molecule has 1 aromatic heterocycles. The fourth-order valence-electron chi connectivity index (χ4n) is 4.78. The quantitative estimate of drug-likeness (QED) is 0.897. The third kappa shape index (κ3) is 3.45. The standard InChI is InChI=1S/C21H29N3O2/c1-26-20-9-4-8-19-17(20)10-13-24(19)15-21(25)22-14-16-6-5-12-23-11-3-2-7-18(16)23/h4,8-10,13,16,18H,2-3,5-7,11-12,14-15H2,1H3,(H,22,25). The molecule has 0 radical (unpaired) electrons. The van der Waals surface area contributed by atoms with Crippen molar-refractivity contribution in [2.24, 2.45) is 5.92 Å². The van der Waals surface area contributed by atoms with Crippen molar-refractivity contribution in [3.8, 4) is 5.75 Å². The van der Waals surface area contributed by atoms with Gasteiger partial charge in [0, 0.05) is 24.2 Å². The van der Waals surface area contributed by atoms with E-state index in [2.05, 4.69) is 10.2 Å². The number of ether oxygens (including phenoxy) is 1. The Morgan fingerprint density at radius 1 is 1.19 bits per heavy atom. The summed E-state index contributed by atoms with van der Waals surface area (Å²) in [5.74, 6) is 1.55. The number of amides is 1. The number of piperidine rings is 2. The number of nitrogens with one attached hydrogen (secondary N) is 1. The van der Waals surface area contributed by atoms with Crippen LogP contribution in [0.5, 0.6) is 5.75 Å². The number of nitrogens with zero attached hydrogens (tertiary/aromatic N) is 2. The molecule has 1 aromatic carbocycles. The second kappa shape index (κ2) is 7.70. The number of aromatic nitrogens is 1. The second-order valence-electron chi connectivity index (χ2n) is 7.64. The van der Waals surface area contributed by atoms with Gasteiger partial charge in [-0.2, -0.15) is 0 Å². The van der Waals surface area contributed by atoms with Gasteiger partial charge in [-0.05, 0) is 62.9 Å². The Kier molecular flexibility index (Phi) is 5.16. The normalized spacial score (nSPS) is 23.6. The summed E-state index contributed by atoms with van der Waals surface area (Å²) in [7, 11) is 1.68. The highest BCUT2D eigenvalue weighted by Crippen LogP contribution is 2.30. The van der Waals surface area contributed by atoms with E-state index in [-0.39, 0.29) is 5.91 Å². The van der Waals surface area contributed by atoms with Gasteiger partial charge in [0.1, 0.15) is 12.3 Å². The van der Waals surface area contributed by atoms with E-state index in [4.69, 9.17) is 4.74 Å². The molecule has 2 aromatic rings. The van der Waals surface area contributed by atoms with Gasteiger partial charge in [-0.25, -0.2) is 0 Å². The van der Waals surface area contributed by atoms with Crippen LogP contribution >= 0.6 is 0 Å². The van der Waals surface area contributed by atoms with Crippen molar-refractivity contribution in [1.29, 1.82) is 0 Å². The number of fused-ring (bicyclic) bond motifs is 2. The van der Waals surface area contributed by atoms with E-state index >= 15 is 0 Å². The lowest BCUT2D eigenvalue weighted by atomic mass is 9.83. The summed E-state index contributed by atoms with van der Waals surface area (Å²) in [6.45, 7) is 3.65. The number of hydrogen-bond donors (Lipinski definition) is 1. The van der Waals surface area contributed by atoms with E-state index in [0.717, 1.165) is 23.2 Å². The molecule has 5 nitrogen and oxygen atoms in total. The first-order valence-electron chi connectivity index (χ1n) is 9.89. The highest BCUT2D eigenvalue weighted by atomic mass is 16.5. The third-order valence-electron chi connectivity index (χ3n) is 6.10. The fraction of sp³-hybridized carbons (Fsp3) is 0.571. The number of rotatable bonds is 5. The lowest BCUT2D eigenvalue weighted by Crippen LogP contribution is -2.51. The maximum Gasteiger partial charge on any atom is 0.239 e. The summed E-state index contributed by atoms with van der Waals surface area (Å²) in [5.41, 5.74) is 1.04. The minimum atomic E-state index is 0.0956. The summed E-state index contributed by atoms with van der Waals surface area (Å²) < 4.78 is 7.41. The van der Waals surface area contributed by atoms with Crippen LogP contribution in [-0.2, 0) is 11.3 Å². The van der Waals surface area contributed by atoms with Crippen LogP contribution in [0.25, 0.3) is 10.9 Å². The number of hydrogen-bond acceptors (Lipinski definition) is 3. The maximum atomic E-state index is 12.5. The monoisotopic (exact) mass is 355 g/mol. The molecule has 2 fully saturated rings. The van der Waals surface area contributed by atoms with Gasteiger partial charge >= 0.3 is 0 Å². The molecular weight excluding hydrogens is 326 g/mol. The van der Waals surface area contributed by atoms with E-state index in [1.165, 1.54) is 45.2 Å². The number of carbonyl (C=O) groups is 1. The Hall–Kier alpha value is -2.01. The van der Waals surface area contributed by atoms with Crippen LogP contribution in [-0.4, -0.2) is 48.2 Å². The average molecular weight is 355 g/mol. The topological polar surface area (TPSA) is 46.5 Å². The minimum Gasteiger partial charge on any atom is -0.496 e. The van der Waals surface area contributed by atoms with Crippen molar-refractivity contribution in [1.82, 2.24) is 14.8 Å². The highest BCUT2D eigenvalue weighted by molar-refractivity contribution is 5.88. The van der Waals surface area contributed by atoms with Crippen molar-refractivity contribution in [3.63, 3.8) is 0 Å². The first-order chi connectivity index (χ1) is 12.8. The maximum absolute atomic E-state index is 12.5. The zero-order valence-electron chi connectivity index (χ0n) is 15.6. The number of methoxy groups -OCH3 is 1. The molecule has 2 atom stereocenters. The Bertz CT molecular complexity index is 768. The summed E-state index contributed by atoms with van der Waals surface area (Å²) in [6, 6.07) is 8.64. The molecule has 2 aliphatic rings. The predicted molar refractivity (Wildman–Crippen MR) is 103 cm³/mol. The number of carbonyl (C=O) groups excluding carboxylic acids is 1. The van der Waals surface area contributed by atoms with E-state index in [1.54, 1.807) is 7.11 Å². The average Bonchev–Trinajstić information content (AvgIpc) is 3.09. The van der Waals surface area contributed by atoms with Crippen molar-refractivity contribution >= 4 is 16.8 Å². The van der Waals surface area contributed by atoms with Crippen molar-refractivity contribution in [2.75, 3.05) is 26.7 Å². The van der Waals surface area contributed by atoms with E-state index < -0.39 is 0 Å². The lowest BCUT2D eigenvalue weighted by molar-refractivity contribution is -0.122. The van der Waals surface area contributed by atoms with Crippen LogP contribution in [0.2, 0.25) is 0 Å². The van der Waals surface area contributed by atoms with Crippen molar-refractivity contribution in [2.45, 2.75) is 44.7 Å². The molecule has 0 spiro atoms. The lowest BCUT2D eigenvalue weighted by Gasteiger charge is -2.44. The van der Waals surface area contributed by atoms with Gasteiger partial charge in [0.05, 0.1) is 12.6 Å². The Labute approximate surface area is 155 Å². The smallest absolute Gasteiger partial charge is 0.239 e. The molecule has 2 unspecified atom stereocenters. The molecular formula is C21H29N3O2. The fourth-order valence-corrected chi connectivity index (χ4v) is 4.78. The molecule has 2 aliphatic heterocycles. The molecule has 1 N–H and O–H groups in total. The molecule has 140 valence electrons. The van der Waals surface area contributed by atoms with Crippen LogP contribution in [0.4, 0.5) is 0 Å². The van der Waals surface area contributed by atoms with Gasteiger partial charge in [0.2, 0.25) is 5.91 Å². The molecule has 0 saturated carbocycles. The van der Waals surface area contributed by atoms with E-state index in [9.17, 15) is 4.79 Å². The summed E-state index contributed by atoms with van der Waals surface area (Å²) in [5, 5.41) is 4.25. The summed E-state index contributed by atoms with van der Waals surface area (Å²) in [4.78, 5) is 15.2. The van der Waals surface area contributed by atoms with Gasteiger partial charge in [-0.15, -0.1) is 0 Å². The van der Waals surface area contributed by atoms with Crippen LogP contribution in [0.15, 0.2) is 30.5 Å². The molecule has 0 bridgehead atoms. The highest BCUT2D eigenvalue weighted by Gasteiger charge is 2.32.